The number of ether oxygens (including phenoxy) is 1. The topological polar surface area (TPSA) is 137 Å². The van der Waals surface area contributed by atoms with E-state index in [-0.39, 0.29) is 29.4 Å². The van der Waals surface area contributed by atoms with Gasteiger partial charge in [0.25, 0.3) is 24.0 Å². The SMILES string of the molecule is Cc1ccc(S(=O)(=O)OCC[C@H](O)[C@H]2O[C@@H](n3cc(C)c(=O)[nH]c3=O)C[C@@H]2O[Si](c2ccccc2)(c2ccccc2)C(C)(C)C)cc1. The molecule has 3 aromatic carbocycles. The maximum Gasteiger partial charge on any atom is 0.330 e. The van der Waals surface area contributed by atoms with Crippen molar-refractivity contribution in [3.8, 4) is 0 Å². The van der Waals surface area contributed by atoms with Crippen LogP contribution in [0.3, 0.4) is 0 Å². The van der Waals surface area contributed by atoms with Crippen LogP contribution in [0, 0.1) is 13.8 Å². The lowest BCUT2D eigenvalue weighted by atomic mass is 10.1. The van der Waals surface area contributed by atoms with Gasteiger partial charge in [-0.1, -0.05) is 99.1 Å². The van der Waals surface area contributed by atoms with Gasteiger partial charge in [-0.3, -0.25) is 18.5 Å². The molecule has 0 bridgehead atoms. The molecule has 5 rings (SSSR count). The van der Waals surface area contributed by atoms with Gasteiger partial charge in [0.05, 0.1) is 23.7 Å². The lowest BCUT2D eigenvalue weighted by Crippen LogP contribution is -2.68. The van der Waals surface area contributed by atoms with Crippen LogP contribution in [0.15, 0.2) is 106 Å². The predicted octanol–water partition coefficient (Wildman–Crippen LogP) is 3.54. The molecule has 4 atom stereocenters. The maximum atomic E-state index is 12.9. The van der Waals surface area contributed by atoms with Crippen LogP contribution in [-0.2, 0) is 23.5 Å². The smallest absolute Gasteiger partial charge is 0.330 e. The van der Waals surface area contributed by atoms with Gasteiger partial charge in [0.2, 0.25) is 0 Å². The normalized spacial score (nSPS) is 19.5. The fraction of sp³-hybridized carbons (Fsp3) is 0.371. The van der Waals surface area contributed by atoms with Gasteiger partial charge in [0.1, 0.15) is 12.3 Å². The van der Waals surface area contributed by atoms with E-state index >= 15 is 0 Å². The number of aliphatic hydroxyl groups is 1. The molecule has 1 aliphatic heterocycles. The number of aliphatic hydroxyl groups excluding tert-OH is 1. The van der Waals surface area contributed by atoms with E-state index in [9.17, 15) is 23.1 Å². The molecular weight excluding hydrogens is 637 g/mol. The van der Waals surface area contributed by atoms with E-state index < -0.39 is 54.2 Å². The monoisotopic (exact) mass is 678 g/mol. The first-order chi connectivity index (χ1) is 22.2. The minimum Gasteiger partial charge on any atom is -0.402 e. The van der Waals surface area contributed by atoms with Crippen molar-refractivity contribution in [1.82, 2.24) is 9.55 Å². The minimum absolute atomic E-state index is 0.0236. The third kappa shape index (κ3) is 7.27. The molecule has 0 aliphatic carbocycles. The molecule has 1 fully saturated rings. The van der Waals surface area contributed by atoms with Gasteiger partial charge in [0, 0.05) is 24.6 Å². The van der Waals surface area contributed by atoms with Crippen LogP contribution in [0.4, 0.5) is 0 Å². The van der Waals surface area contributed by atoms with Gasteiger partial charge in [-0.05, 0) is 41.4 Å². The predicted molar refractivity (Wildman–Crippen MR) is 182 cm³/mol. The number of aromatic nitrogens is 2. The Morgan fingerprint density at radius 3 is 2.09 bits per heavy atom. The van der Waals surface area contributed by atoms with Crippen molar-refractivity contribution in [2.45, 2.75) is 81.9 Å². The summed E-state index contributed by atoms with van der Waals surface area (Å²) in [6, 6.07) is 26.4. The van der Waals surface area contributed by atoms with E-state index in [2.05, 4.69) is 50.0 Å². The van der Waals surface area contributed by atoms with Crippen LogP contribution >= 0.6 is 0 Å². The number of hydrogen-bond acceptors (Lipinski definition) is 8. The van der Waals surface area contributed by atoms with Crippen LogP contribution in [0.2, 0.25) is 5.04 Å². The molecule has 0 amide bonds. The van der Waals surface area contributed by atoms with Crippen molar-refractivity contribution in [2.24, 2.45) is 0 Å². The zero-order chi connectivity index (χ0) is 34.0. The van der Waals surface area contributed by atoms with Gasteiger partial charge in [-0.2, -0.15) is 8.42 Å². The molecule has 2 heterocycles. The number of hydrogen-bond donors (Lipinski definition) is 2. The summed E-state index contributed by atoms with van der Waals surface area (Å²) in [6.07, 6.45) is -2.18. The zero-order valence-electron chi connectivity index (χ0n) is 27.3. The number of nitrogens with one attached hydrogen (secondary N) is 1. The summed E-state index contributed by atoms with van der Waals surface area (Å²) in [7, 11) is -7.19. The maximum absolute atomic E-state index is 12.9. The lowest BCUT2D eigenvalue weighted by Gasteiger charge is -2.45. The molecular formula is C35H42N2O8SSi. The Bertz CT molecular complexity index is 1850. The second kappa shape index (κ2) is 13.8. The number of rotatable bonds is 11. The molecule has 1 aliphatic rings. The highest BCUT2D eigenvalue weighted by atomic mass is 32.2. The average molecular weight is 679 g/mol. The van der Waals surface area contributed by atoms with Crippen LogP contribution < -0.4 is 21.6 Å². The number of aromatic amines is 1. The van der Waals surface area contributed by atoms with Crippen molar-refractivity contribution < 1.29 is 26.9 Å². The van der Waals surface area contributed by atoms with Crippen LogP contribution in [0.25, 0.3) is 0 Å². The molecule has 10 nitrogen and oxygen atoms in total. The lowest BCUT2D eigenvalue weighted by molar-refractivity contribution is -0.0850. The number of benzene rings is 3. The first kappa shape index (κ1) is 34.7. The average Bonchev–Trinajstić information content (AvgIpc) is 3.45. The van der Waals surface area contributed by atoms with Gasteiger partial charge >= 0.3 is 5.69 Å². The third-order valence-electron chi connectivity index (χ3n) is 8.66. The summed E-state index contributed by atoms with van der Waals surface area (Å²) in [5.74, 6) is 0. The molecule has 0 unspecified atom stereocenters. The molecule has 0 saturated carbocycles. The summed E-state index contributed by atoms with van der Waals surface area (Å²) < 4.78 is 46.0. The summed E-state index contributed by atoms with van der Waals surface area (Å²) in [5.41, 5.74) is 0.109. The van der Waals surface area contributed by atoms with E-state index in [4.69, 9.17) is 13.3 Å². The second-order valence-electron chi connectivity index (χ2n) is 13.0. The summed E-state index contributed by atoms with van der Waals surface area (Å²) in [6.45, 7) is 9.56. The molecule has 47 heavy (non-hydrogen) atoms. The van der Waals surface area contributed by atoms with E-state index in [1.807, 2.05) is 43.3 Å². The van der Waals surface area contributed by atoms with Crippen molar-refractivity contribution in [1.29, 1.82) is 0 Å². The highest BCUT2D eigenvalue weighted by Gasteiger charge is 2.54. The highest BCUT2D eigenvalue weighted by molar-refractivity contribution is 7.86. The molecule has 1 saturated heterocycles. The molecule has 4 aromatic rings. The quantitative estimate of drug-likeness (QED) is 0.182. The van der Waals surface area contributed by atoms with Crippen molar-refractivity contribution in [3.05, 3.63) is 123 Å². The van der Waals surface area contributed by atoms with Crippen molar-refractivity contribution in [2.75, 3.05) is 6.61 Å². The number of aryl methyl sites for hydroxylation is 2. The molecule has 250 valence electrons. The van der Waals surface area contributed by atoms with E-state index in [0.717, 1.165) is 15.9 Å². The van der Waals surface area contributed by atoms with E-state index in [1.54, 1.807) is 19.1 Å². The standard InChI is InChI=1S/C35H42N2O8SSi/c1-24-16-18-26(19-17-24)46(41,42)43-21-20-29(38)32-30(22-31(44-32)37-23-25(2)33(39)36-34(37)40)45-47(35(3,4)5,27-12-8-6-9-13-27)28-14-10-7-11-15-28/h6-19,23,29-32,38H,20-22H2,1-5H3,(H,36,39,40)/t29-,30-,31+,32+/m0/s1. The molecule has 0 radical (unpaired) electrons. The van der Waals surface area contributed by atoms with Crippen LogP contribution in [0.1, 0.15) is 51.0 Å². The van der Waals surface area contributed by atoms with E-state index in [0.29, 0.717) is 5.56 Å². The van der Waals surface area contributed by atoms with E-state index in [1.165, 1.54) is 22.9 Å². The molecule has 12 heteroatoms. The second-order valence-corrected chi connectivity index (χ2v) is 18.9. The Labute approximate surface area is 276 Å². The Hall–Kier alpha value is -3.65. The Kier molecular flexibility index (Phi) is 10.2. The zero-order valence-corrected chi connectivity index (χ0v) is 29.1. The summed E-state index contributed by atoms with van der Waals surface area (Å²) in [5, 5.41) is 13.3. The van der Waals surface area contributed by atoms with Crippen LogP contribution in [0.5, 0.6) is 0 Å². The largest absolute Gasteiger partial charge is 0.402 e. The van der Waals surface area contributed by atoms with Gasteiger partial charge in [0.15, 0.2) is 0 Å². The first-order valence-corrected chi connectivity index (χ1v) is 18.9. The Balaban J connectivity index is 1.50. The minimum atomic E-state index is -4.05. The number of H-pyrrole nitrogens is 1. The van der Waals surface area contributed by atoms with Crippen molar-refractivity contribution >= 4 is 28.8 Å². The van der Waals surface area contributed by atoms with Gasteiger partial charge in [-0.15, -0.1) is 0 Å². The third-order valence-corrected chi connectivity index (χ3v) is 15.0. The van der Waals surface area contributed by atoms with Gasteiger partial charge in [-0.25, -0.2) is 4.79 Å². The van der Waals surface area contributed by atoms with Crippen molar-refractivity contribution in [3.63, 3.8) is 0 Å². The fourth-order valence-corrected chi connectivity index (χ4v) is 11.8. The van der Waals surface area contributed by atoms with Crippen LogP contribution in [-0.4, -0.2) is 56.3 Å². The number of nitrogens with zero attached hydrogens (tertiary/aromatic N) is 1. The highest BCUT2D eigenvalue weighted by Crippen LogP contribution is 2.42. The molecule has 2 N–H and O–H groups in total. The Morgan fingerprint density at radius 1 is 0.957 bits per heavy atom. The summed E-state index contributed by atoms with van der Waals surface area (Å²) in [4.78, 5) is 27.4. The Morgan fingerprint density at radius 2 is 1.53 bits per heavy atom. The first-order valence-electron chi connectivity index (χ1n) is 15.6. The molecule has 0 spiro atoms. The van der Waals surface area contributed by atoms with Gasteiger partial charge < -0.3 is 14.3 Å². The summed E-state index contributed by atoms with van der Waals surface area (Å²) >= 11 is 0. The fourth-order valence-electron chi connectivity index (χ4n) is 6.22. The molecule has 1 aromatic heterocycles.